The molecule has 1 aromatic heterocycles. The number of aromatic nitrogens is 1. The predicted molar refractivity (Wildman–Crippen MR) is 71.5 cm³/mol. The van der Waals surface area contributed by atoms with Crippen LogP contribution in [0.3, 0.4) is 0 Å². The van der Waals surface area contributed by atoms with Crippen LogP contribution in [0.2, 0.25) is 0 Å². The second-order valence-electron chi connectivity index (χ2n) is 5.26. The average Bonchev–Trinajstić information content (AvgIpc) is 3.19. The smallest absolute Gasteiger partial charge is 0.311 e. The lowest BCUT2D eigenvalue weighted by Crippen LogP contribution is -2.18. The van der Waals surface area contributed by atoms with Crippen LogP contribution in [0.5, 0.6) is 0 Å². The van der Waals surface area contributed by atoms with E-state index in [2.05, 4.69) is 26.2 Å². The monoisotopic (exact) mass is 311 g/mol. The highest BCUT2D eigenvalue weighted by molar-refractivity contribution is 9.10. The van der Waals surface area contributed by atoms with Gasteiger partial charge in [0.05, 0.1) is 9.40 Å². The van der Waals surface area contributed by atoms with Gasteiger partial charge >= 0.3 is 5.69 Å². The van der Waals surface area contributed by atoms with Crippen molar-refractivity contribution >= 4 is 27.3 Å². The number of hydrogen-bond acceptors (Lipinski definition) is 4. The average molecular weight is 312 g/mol. The summed E-state index contributed by atoms with van der Waals surface area (Å²) in [7, 11) is 0. The molecule has 1 N–H and O–H groups in total. The molecular formula is C12H14BrN3O2. The molecule has 6 heteroatoms. The minimum absolute atomic E-state index is 0.0379. The quantitative estimate of drug-likeness (QED) is 0.669. The number of pyridine rings is 1. The van der Waals surface area contributed by atoms with Gasteiger partial charge in [0, 0.05) is 12.7 Å². The van der Waals surface area contributed by atoms with E-state index in [1.54, 1.807) is 6.20 Å². The lowest BCUT2D eigenvalue weighted by Gasteiger charge is -2.16. The largest absolute Gasteiger partial charge is 0.378 e. The first-order valence-electron chi connectivity index (χ1n) is 6.14. The Hall–Kier alpha value is -1.17. The van der Waals surface area contributed by atoms with Gasteiger partial charge in [0.25, 0.3) is 0 Å². The van der Waals surface area contributed by atoms with Crippen molar-refractivity contribution in [1.82, 2.24) is 4.98 Å². The molecule has 0 aromatic carbocycles. The fraction of sp³-hybridized carbons (Fsp3) is 0.583. The van der Waals surface area contributed by atoms with Gasteiger partial charge in [-0.05, 0) is 52.9 Å². The van der Waals surface area contributed by atoms with Crippen molar-refractivity contribution < 1.29 is 4.92 Å². The molecule has 0 amide bonds. The molecule has 3 rings (SSSR count). The predicted octanol–water partition coefficient (Wildman–Crippen LogP) is 3.35. The summed E-state index contributed by atoms with van der Waals surface area (Å²) in [5, 5.41) is 14.2. The summed E-state index contributed by atoms with van der Waals surface area (Å²) in [6.45, 7) is 0.834. The Morgan fingerprint density at radius 1 is 1.50 bits per heavy atom. The zero-order chi connectivity index (χ0) is 12.8. The SMILES string of the molecule is O=[N+]([O-])c1cncc(Br)c1NCC1(C2CC2)CC1. The van der Waals surface area contributed by atoms with Crippen molar-refractivity contribution in [2.75, 3.05) is 11.9 Å². The van der Waals surface area contributed by atoms with Crippen LogP contribution in [0.1, 0.15) is 25.7 Å². The highest BCUT2D eigenvalue weighted by Gasteiger charge is 2.53. The number of nitro groups is 1. The Kier molecular flexibility index (Phi) is 2.77. The van der Waals surface area contributed by atoms with Crippen molar-refractivity contribution in [2.45, 2.75) is 25.7 Å². The maximum atomic E-state index is 11.0. The molecule has 2 aliphatic carbocycles. The Bertz CT molecular complexity index is 498. The zero-order valence-electron chi connectivity index (χ0n) is 9.86. The fourth-order valence-electron chi connectivity index (χ4n) is 2.59. The van der Waals surface area contributed by atoms with Gasteiger partial charge in [0.1, 0.15) is 11.9 Å². The summed E-state index contributed by atoms with van der Waals surface area (Å²) < 4.78 is 0.656. The molecule has 18 heavy (non-hydrogen) atoms. The Morgan fingerprint density at radius 3 is 2.78 bits per heavy atom. The third-order valence-electron chi connectivity index (χ3n) is 4.03. The summed E-state index contributed by atoms with van der Waals surface area (Å²) in [6.07, 6.45) is 8.03. The van der Waals surface area contributed by atoms with E-state index in [1.807, 2.05) is 0 Å². The molecule has 0 aliphatic heterocycles. The van der Waals surface area contributed by atoms with Gasteiger partial charge in [-0.15, -0.1) is 0 Å². The van der Waals surface area contributed by atoms with Crippen molar-refractivity contribution in [2.24, 2.45) is 11.3 Å². The van der Waals surface area contributed by atoms with Gasteiger partial charge in [0.2, 0.25) is 0 Å². The number of anilines is 1. The zero-order valence-corrected chi connectivity index (χ0v) is 11.4. The summed E-state index contributed by atoms with van der Waals surface area (Å²) >= 11 is 3.33. The van der Waals surface area contributed by atoms with E-state index >= 15 is 0 Å². The summed E-state index contributed by atoms with van der Waals surface area (Å²) in [5.41, 5.74) is 1.01. The van der Waals surface area contributed by atoms with E-state index in [0.717, 1.165) is 12.5 Å². The molecule has 0 radical (unpaired) electrons. The van der Waals surface area contributed by atoms with Crippen LogP contribution in [-0.4, -0.2) is 16.5 Å². The molecule has 0 spiro atoms. The van der Waals surface area contributed by atoms with Gasteiger partial charge < -0.3 is 5.32 Å². The second-order valence-corrected chi connectivity index (χ2v) is 6.12. The number of nitrogens with zero attached hydrogens (tertiary/aromatic N) is 2. The molecule has 1 heterocycles. The molecule has 0 saturated heterocycles. The molecule has 1 aromatic rings. The first-order chi connectivity index (χ1) is 8.62. The highest BCUT2D eigenvalue weighted by atomic mass is 79.9. The van der Waals surface area contributed by atoms with Crippen LogP contribution in [0.4, 0.5) is 11.4 Å². The first kappa shape index (κ1) is 11.9. The summed E-state index contributed by atoms with van der Waals surface area (Å²) in [4.78, 5) is 14.4. The van der Waals surface area contributed by atoms with E-state index in [1.165, 1.54) is 31.9 Å². The van der Waals surface area contributed by atoms with Gasteiger partial charge in [-0.2, -0.15) is 0 Å². The van der Waals surface area contributed by atoms with E-state index < -0.39 is 4.92 Å². The molecule has 2 fully saturated rings. The van der Waals surface area contributed by atoms with Crippen LogP contribution in [0, 0.1) is 21.4 Å². The number of halogens is 1. The Balaban J connectivity index is 1.77. The van der Waals surface area contributed by atoms with Crippen LogP contribution < -0.4 is 5.32 Å². The van der Waals surface area contributed by atoms with Crippen molar-refractivity contribution in [3.8, 4) is 0 Å². The molecule has 0 bridgehead atoms. The standard InChI is InChI=1S/C12H14BrN3O2/c13-9-5-14-6-10(16(17)18)11(9)15-7-12(3-4-12)8-1-2-8/h5-6,8H,1-4,7H2,(H,14,15). The van der Waals surface area contributed by atoms with Crippen LogP contribution >= 0.6 is 15.9 Å². The van der Waals surface area contributed by atoms with Crippen LogP contribution in [0.15, 0.2) is 16.9 Å². The first-order valence-corrected chi connectivity index (χ1v) is 6.93. The maximum Gasteiger partial charge on any atom is 0.311 e. The fourth-order valence-corrected chi connectivity index (χ4v) is 3.05. The minimum atomic E-state index is -0.392. The second kappa shape index (κ2) is 4.19. The van der Waals surface area contributed by atoms with Gasteiger partial charge in [-0.3, -0.25) is 15.1 Å². The van der Waals surface area contributed by atoms with Crippen LogP contribution in [0.25, 0.3) is 0 Å². The van der Waals surface area contributed by atoms with Crippen molar-refractivity contribution in [3.63, 3.8) is 0 Å². The molecule has 0 atom stereocenters. The lowest BCUT2D eigenvalue weighted by molar-refractivity contribution is -0.384. The van der Waals surface area contributed by atoms with Gasteiger partial charge in [0.15, 0.2) is 0 Å². The molecule has 5 nitrogen and oxygen atoms in total. The summed E-state index contributed by atoms with van der Waals surface area (Å²) in [5.74, 6) is 0.838. The van der Waals surface area contributed by atoms with Gasteiger partial charge in [-0.1, -0.05) is 0 Å². The number of rotatable bonds is 5. The van der Waals surface area contributed by atoms with E-state index in [0.29, 0.717) is 15.6 Å². The van der Waals surface area contributed by atoms with E-state index in [4.69, 9.17) is 0 Å². The highest BCUT2D eigenvalue weighted by Crippen LogP contribution is 2.61. The minimum Gasteiger partial charge on any atom is -0.378 e. The van der Waals surface area contributed by atoms with E-state index in [9.17, 15) is 10.1 Å². The lowest BCUT2D eigenvalue weighted by atomic mass is 10.0. The van der Waals surface area contributed by atoms with Crippen molar-refractivity contribution in [3.05, 3.63) is 27.0 Å². The number of hydrogen-bond donors (Lipinski definition) is 1. The maximum absolute atomic E-state index is 11.0. The third-order valence-corrected chi connectivity index (χ3v) is 4.63. The third kappa shape index (κ3) is 2.09. The van der Waals surface area contributed by atoms with Gasteiger partial charge in [-0.25, -0.2) is 0 Å². The topological polar surface area (TPSA) is 68.1 Å². The van der Waals surface area contributed by atoms with Crippen molar-refractivity contribution in [1.29, 1.82) is 0 Å². The normalized spacial score (nSPS) is 20.5. The number of nitrogens with one attached hydrogen (secondary N) is 1. The molecule has 2 aliphatic rings. The Labute approximate surface area is 113 Å². The summed E-state index contributed by atoms with van der Waals surface area (Å²) in [6, 6.07) is 0. The molecule has 0 unspecified atom stereocenters. The Morgan fingerprint density at radius 2 is 2.22 bits per heavy atom. The van der Waals surface area contributed by atoms with Crippen LogP contribution in [-0.2, 0) is 0 Å². The molecule has 2 saturated carbocycles. The molecule has 96 valence electrons. The van der Waals surface area contributed by atoms with E-state index in [-0.39, 0.29) is 5.69 Å². The molecular weight excluding hydrogens is 298 g/mol.